The minimum atomic E-state index is -0.989. The summed E-state index contributed by atoms with van der Waals surface area (Å²) >= 11 is 0. The summed E-state index contributed by atoms with van der Waals surface area (Å²) in [5.41, 5.74) is 5.72. The quantitative estimate of drug-likeness (QED) is 0.849. The van der Waals surface area contributed by atoms with Crippen molar-refractivity contribution >= 4 is 11.6 Å². The standard InChI is InChI=1S/C12H16F2N2O/c1-7(2)9(6-15)12(17)16-8-3-4-10(13)11(14)5-8/h3-5,7,9H,6,15H2,1-2H3,(H,16,17). The normalized spacial score (nSPS) is 12.6. The molecule has 0 saturated heterocycles. The number of carbonyl (C=O) groups excluding carboxylic acids is 1. The molecule has 1 amide bonds. The minimum absolute atomic E-state index is 0.0882. The number of nitrogens with two attached hydrogens (primary N) is 1. The van der Waals surface area contributed by atoms with E-state index in [2.05, 4.69) is 5.32 Å². The first-order valence-corrected chi connectivity index (χ1v) is 5.41. The molecule has 0 heterocycles. The maximum absolute atomic E-state index is 12.9. The summed E-state index contributed by atoms with van der Waals surface area (Å²) in [7, 11) is 0. The lowest BCUT2D eigenvalue weighted by atomic mass is 9.95. The van der Waals surface area contributed by atoms with Crippen LogP contribution in [-0.4, -0.2) is 12.5 Å². The van der Waals surface area contributed by atoms with Crippen LogP contribution in [0.3, 0.4) is 0 Å². The van der Waals surface area contributed by atoms with Crippen molar-refractivity contribution in [3.8, 4) is 0 Å². The van der Waals surface area contributed by atoms with Crippen LogP contribution in [0.4, 0.5) is 14.5 Å². The van der Waals surface area contributed by atoms with Crippen LogP contribution in [0.1, 0.15) is 13.8 Å². The number of benzene rings is 1. The zero-order valence-corrected chi connectivity index (χ0v) is 9.84. The molecule has 0 aromatic heterocycles. The van der Waals surface area contributed by atoms with Crippen LogP contribution in [0.2, 0.25) is 0 Å². The van der Waals surface area contributed by atoms with E-state index in [1.54, 1.807) is 0 Å². The summed E-state index contributed by atoms with van der Waals surface area (Å²) in [6.45, 7) is 3.97. The summed E-state index contributed by atoms with van der Waals surface area (Å²) in [6, 6.07) is 3.23. The van der Waals surface area contributed by atoms with E-state index in [1.165, 1.54) is 6.07 Å². The first-order valence-electron chi connectivity index (χ1n) is 5.41. The van der Waals surface area contributed by atoms with Gasteiger partial charge in [-0.2, -0.15) is 0 Å². The fraction of sp³-hybridized carbons (Fsp3) is 0.417. The van der Waals surface area contributed by atoms with Crippen LogP contribution >= 0.6 is 0 Å². The van der Waals surface area contributed by atoms with Crippen LogP contribution < -0.4 is 11.1 Å². The molecule has 0 radical (unpaired) electrons. The number of hydrogen-bond acceptors (Lipinski definition) is 2. The van der Waals surface area contributed by atoms with Crippen molar-refractivity contribution in [1.29, 1.82) is 0 Å². The third-order valence-corrected chi connectivity index (χ3v) is 2.58. The molecule has 0 aliphatic heterocycles. The van der Waals surface area contributed by atoms with Crippen LogP contribution in [0.15, 0.2) is 18.2 Å². The van der Waals surface area contributed by atoms with Gasteiger partial charge in [-0.15, -0.1) is 0 Å². The Bertz CT molecular complexity index is 407. The second-order valence-corrected chi connectivity index (χ2v) is 4.20. The molecule has 1 atom stereocenters. The molecule has 3 nitrogen and oxygen atoms in total. The number of halogens is 2. The molecule has 1 rings (SSSR count). The Labute approximate surface area is 99.0 Å². The summed E-state index contributed by atoms with van der Waals surface area (Å²) in [6.07, 6.45) is 0. The van der Waals surface area contributed by atoms with E-state index in [-0.39, 0.29) is 30.0 Å². The van der Waals surface area contributed by atoms with E-state index in [4.69, 9.17) is 5.73 Å². The van der Waals surface area contributed by atoms with E-state index >= 15 is 0 Å². The zero-order chi connectivity index (χ0) is 13.0. The lowest BCUT2D eigenvalue weighted by molar-refractivity contribution is -0.120. The van der Waals surface area contributed by atoms with Gasteiger partial charge in [-0.25, -0.2) is 8.78 Å². The smallest absolute Gasteiger partial charge is 0.229 e. The Morgan fingerprint density at radius 3 is 2.47 bits per heavy atom. The summed E-state index contributed by atoms with van der Waals surface area (Å²) in [4.78, 5) is 11.8. The highest BCUT2D eigenvalue weighted by Crippen LogP contribution is 2.16. The lowest BCUT2D eigenvalue weighted by Crippen LogP contribution is -2.33. The van der Waals surface area contributed by atoms with Gasteiger partial charge in [0.15, 0.2) is 11.6 Å². The van der Waals surface area contributed by atoms with Crippen molar-refractivity contribution in [2.75, 3.05) is 11.9 Å². The van der Waals surface area contributed by atoms with Gasteiger partial charge in [0.05, 0.1) is 5.92 Å². The van der Waals surface area contributed by atoms with E-state index < -0.39 is 11.6 Å². The first-order chi connectivity index (χ1) is 7.95. The molecule has 17 heavy (non-hydrogen) atoms. The van der Waals surface area contributed by atoms with Crippen LogP contribution in [0, 0.1) is 23.5 Å². The first kappa shape index (κ1) is 13.6. The molecule has 0 saturated carbocycles. The highest BCUT2D eigenvalue weighted by molar-refractivity contribution is 5.92. The van der Waals surface area contributed by atoms with E-state index in [9.17, 15) is 13.6 Å². The third kappa shape index (κ3) is 3.49. The Balaban J connectivity index is 2.77. The zero-order valence-electron chi connectivity index (χ0n) is 9.84. The molecule has 1 unspecified atom stereocenters. The van der Waals surface area contributed by atoms with Crippen LogP contribution in [-0.2, 0) is 4.79 Å². The number of amides is 1. The topological polar surface area (TPSA) is 55.1 Å². The van der Waals surface area contributed by atoms with Crippen molar-refractivity contribution in [2.45, 2.75) is 13.8 Å². The van der Waals surface area contributed by atoms with Gasteiger partial charge >= 0.3 is 0 Å². The summed E-state index contributed by atoms with van der Waals surface area (Å²) in [5.74, 6) is -2.47. The van der Waals surface area contributed by atoms with Crippen molar-refractivity contribution in [2.24, 2.45) is 17.6 Å². The summed E-state index contributed by atoms with van der Waals surface area (Å²) in [5, 5.41) is 2.52. The Kier molecular flexibility index (Phi) is 4.57. The van der Waals surface area contributed by atoms with Gasteiger partial charge in [-0.3, -0.25) is 4.79 Å². The molecule has 1 aromatic carbocycles. The maximum Gasteiger partial charge on any atom is 0.229 e. The highest BCUT2D eigenvalue weighted by Gasteiger charge is 2.20. The van der Waals surface area contributed by atoms with E-state index in [0.717, 1.165) is 12.1 Å². The van der Waals surface area contributed by atoms with Crippen molar-refractivity contribution in [1.82, 2.24) is 0 Å². The van der Waals surface area contributed by atoms with Gasteiger partial charge in [0, 0.05) is 18.3 Å². The van der Waals surface area contributed by atoms with Crippen LogP contribution in [0.25, 0.3) is 0 Å². The summed E-state index contributed by atoms with van der Waals surface area (Å²) < 4.78 is 25.6. The average molecular weight is 242 g/mol. The molecule has 0 bridgehead atoms. The monoisotopic (exact) mass is 242 g/mol. The van der Waals surface area contributed by atoms with E-state index in [1.807, 2.05) is 13.8 Å². The molecule has 0 spiro atoms. The maximum atomic E-state index is 12.9. The van der Waals surface area contributed by atoms with Gasteiger partial charge in [0.2, 0.25) is 5.91 Å². The Morgan fingerprint density at radius 1 is 1.35 bits per heavy atom. The SMILES string of the molecule is CC(C)C(CN)C(=O)Nc1ccc(F)c(F)c1. The number of hydrogen-bond donors (Lipinski definition) is 2. The molecule has 0 aliphatic rings. The fourth-order valence-electron chi connectivity index (χ4n) is 1.49. The predicted octanol–water partition coefficient (Wildman–Crippen LogP) is 2.13. The van der Waals surface area contributed by atoms with Gasteiger partial charge in [0.1, 0.15) is 0 Å². The third-order valence-electron chi connectivity index (χ3n) is 2.58. The minimum Gasteiger partial charge on any atom is -0.330 e. The molecule has 0 fully saturated rings. The molecule has 94 valence electrons. The van der Waals surface area contributed by atoms with Crippen molar-refractivity contribution in [3.05, 3.63) is 29.8 Å². The predicted molar refractivity (Wildman–Crippen MR) is 62.4 cm³/mol. The number of anilines is 1. The number of nitrogens with one attached hydrogen (secondary N) is 1. The van der Waals surface area contributed by atoms with Crippen molar-refractivity contribution < 1.29 is 13.6 Å². The van der Waals surface area contributed by atoms with Gasteiger partial charge < -0.3 is 11.1 Å². The molecule has 0 aliphatic carbocycles. The Hall–Kier alpha value is -1.49. The number of carbonyl (C=O) groups is 1. The average Bonchev–Trinajstić information content (AvgIpc) is 2.24. The molecular weight excluding hydrogens is 226 g/mol. The molecule has 1 aromatic rings. The number of rotatable bonds is 4. The van der Waals surface area contributed by atoms with Gasteiger partial charge in [-0.1, -0.05) is 13.8 Å². The van der Waals surface area contributed by atoms with Gasteiger partial charge in [-0.05, 0) is 18.1 Å². The Morgan fingerprint density at radius 2 is 2.00 bits per heavy atom. The highest BCUT2D eigenvalue weighted by atomic mass is 19.2. The molecule has 5 heteroatoms. The molecular formula is C12H16F2N2O. The largest absolute Gasteiger partial charge is 0.330 e. The van der Waals surface area contributed by atoms with Crippen molar-refractivity contribution in [3.63, 3.8) is 0 Å². The lowest BCUT2D eigenvalue weighted by Gasteiger charge is -2.18. The van der Waals surface area contributed by atoms with Crippen LogP contribution in [0.5, 0.6) is 0 Å². The van der Waals surface area contributed by atoms with Gasteiger partial charge in [0.25, 0.3) is 0 Å². The second-order valence-electron chi connectivity index (χ2n) is 4.20. The fourth-order valence-corrected chi connectivity index (χ4v) is 1.49. The second kappa shape index (κ2) is 5.72. The molecule has 3 N–H and O–H groups in total. The van der Waals surface area contributed by atoms with E-state index in [0.29, 0.717) is 0 Å².